The summed E-state index contributed by atoms with van der Waals surface area (Å²) in [7, 11) is 0. The van der Waals surface area contributed by atoms with Crippen molar-refractivity contribution in [1.29, 1.82) is 5.26 Å². The molecule has 0 saturated carbocycles. The standard InChI is InChI=1S/C22H22ClN5O2/c1-13(29)27-9-7-15(8-10-27)21-17(11-24)20(16-5-3-4-6-19(16)23)18-12-28(14(2)30)26-22(18)25-21/h3-6,12,15,20H,7-10H2,1-2H3,(H,25,26). The number of nitriles is 1. The van der Waals surface area contributed by atoms with Gasteiger partial charge in [0.25, 0.3) is 0 Å². The van der Waals surface area contributed by atoms with Gasteiger partial charge in [-0.25, -0.2) is 4.68 Å². The van der Waals surface area contributed by atoms with Gasteiger partial charge in [0.2, 0.25) is 11.8 Å². The van der Waals surface area contributed by atoms with Crippen LogP contribution in [0.15, 0.2) is 41.7 Å². The van der Waals surface area contributed by atoms with E-state index >= 15 is 0 Å². The van der Waals surface area contributed by atoms with Crippen LogP contribution in [0.5, 0.6) is 0 Å². The predicted octanol–water partition coefficient (Wildman–Crippen LogP) is 3.79. The van der Waals surface area contributed by atoms with E-state index in [4.69, 9.17) is 11.6 Å². The van der Waals surface area contributed by atoms with Crippen LogP contribution in [-0.2, 0) is 4.79 Å². The molecule has 0 spiro atoms. The molecule has 1 fully saturated rings. The molecule has 1 atom stereocenters. The summed E-state index contributed by atoms with van der Waals surface area (Å²) in [5.74, 6) is 0.109. The lowest BCUT2D eigenvalue weighted by Gasteiger charge is -2.36. The maximum Gasteiger partial charge on any atom is 0.243 e. The number of rotatable bonds is 2. The second kappa shape index (κ2) is 7.96. The number of fused-ring (bicyclic) bond motifs is 1. The molecule has 1 amide bonds. The van der Waals surface area contributed by atoms with Gasteiger partial charge in [-0.15, -0.1) is 5.10 Å². The summed E-state index contributed by atoms with van der Waals surface area (Å²) in [4.78, 5) is 25.5. The molecule has 0 bridgehead atoms. The van der Waals surface area contributed by atoms with Crippen LogP contribution in [-0.4, -0.2) is 39.6 Å². The summed E-state index contributed by atoms with van der Waals surface area (Å²) in [6, 6.07) is 9.83. The minimum Gasteiger partial charge on any atom is -0.343 e. The van der Waals surface area contributed by atoms with Gasteiger partial charge in [0.1, 0.15) is 0 Å². The van der Waals surface area contributed by atoms with E-state index < -0.39 is 5.92 Å². The lowest BCUT2D eigenvalue weighted by atomic mass is 9.79. The molecule has 2 aliphatic rings. The first kappa shape index (κ1) is 20.2. The highest BCUT2D eigenvalue weighted by Crippen LogP contribution is 2.45. The van der Waals surface area contributed by atoms with Crippen molar-refractivity contribution in [2.75, 3.05) is 18.4 Å². The summed E-state index contributed by atoms with van der Waals surface area (Å²) >= 11 is 6.51. The van der Waals surface area contributed by atoms with Crippen LogP contribution in [0.25, 0.3) is 0 Å². The summed E-state index contributed by atoms with van der Waals surface area (Å²) in [5, 5.41) is 18.5. The van der Waals surface area contributed by atoms with Gasteiger partial charge in [-0.2, -0.15) is 5.26 Å². The normalized spacial score (nSPS) is 19.1. The van der Waals surface area contributed by atoms with E-state index in [-0.39, 0.29) is 17.7 Å². The first-order chi connectivity index (χ1) is 14.4. The Morgan fingerprint density at radius 3 is 2.47 bits per heavy atom. The average Bonchev–Trinajstić information content (AvgIpc) is 3.17. The highest BCUT2D eigenvalue weighted by atomic mass is 35.5. The number of hydrogen-bond acceptors (Lipinski definition) is 5. The first-order valence-electron chi connectivity index (χ1n) is 9.92. The number of likely N-dealkylation sites (tertiary alicyclic amines) is 1. The van der Waals surface area contributed by atoms with Crippen LogP contribution in [0, 0.1) is 17.2 Å². The fraction of sp³-hybridized carbons (Fsp3) is 0.364. The van der Waals surface area contributed by atoms with Crippen LogP contribution < -0.4 is 5.32 Å². The van der Waals surface area contributed by atoms with Gasteiger partial charge >= 0.3 is 0 Å². The van der Waals surface area contributed by atoms with Crippen molar-refractivity contribution in [3.8, 4) is 6.07 Å². The van der Waals surface area contributed by atoms with Gasteiger partial charge in [-0.05, 0) is 24.5 Å². The maximum atomic E-state index is 11.9. The molecule has 1 aromatic carbocycles. The van der Waals surface area contributed by atoms with Gasteiger partial charge in [0, 0.05) is 55.3 Å². The Morgan fingerprint density at radius 1 is 1.17 bits per heavy atom. The Balaban J connectivity index is 1.81. The molecule has 1 aromatic heterocycles. The summed E-state index contributed by atoms with van der Waals surface area (Å²) in [6.45, 7) is 4.32. The van der Waals surface area contributed by atoms with Gasteiger partial charge < -0.3 is 10.2 Å². The summed E-state index contributed by atoms with van der Waals surface area (Å²) in [6.07, 6.45) is 3.18. The smallest absolute Gasteiger partial charge is 0.243 e. The molecular formula is C22H22ClN5O2. The van der Waals surface area contributed by atoms with Crippen LogP contribution >= 0.6 is 11.6 Å². The van der Waals surface area contributed by atoms with Gasteiger partial charge in [-0.1, -0.05) is 29.8 Å². The molecule has 0 radical (unpaired) electrons. The monoisotopic (exact) mass is 423 g/mol. The zero-order chi connectivity index (χ0) is 21.4. The minimum atomic E-state index is -0.408. The van der Waals surface area contributed by atoms with Crippen molar-refractivity contribution >= 4 is 29.2 Å². The van der Waals surface area contributed by atoms with Crippen molar-refractivity contribution < 1.29 is 9.59 Å². The number of anilines is 1. The van der Waals surface area contributed by atoms with E-state index in [9.17, 15) is 14.9 Å². The zero-order valence-corrected chi connectivity index (χ0v) is 17.6. The lowest BCUT2D eigenvalue weighted by molar-refractivity contribution is -0.130. The number of nitrogens with zero attached hydrogens (tertiary/aromatic N) is 4. The summed E-state index contributed by atoms with van der Waals surface area (Å²) < 4.78 is 1.29. The van der Waals surface area contributed by atoms with Crippen molar-refractivity contribution in [1.82, 2.24) is 14.7 Å². The fourth-order valence-corrected chi connectivity index (χ4v) is 4.57. The van der Waals surface area contributed by atoms with Crippen molar-refractivity contribution in [3.63, 3.8) is 0 Å². The van der Waals surface area contributed by atoms with Gasteiger partial charge in [0.15, 0.2) is 5.82 Å². The van der Waals surface area contributed by atoms with Crippen LogP contribution in [0.3, 0.4) is 0 Å². The molecule has 7 nitrogen and oxygen atoms in total. The van der Waals surface area contributed by atoms with Crippen LogP contribution in [0.1, 0.15) is 48.5 Å². The average molecular weight is 424 g/mol. The third kappa shape index (κ3) is 3.48. The van der Waals surface area contributed by atoms with Gasteiger partial charge in [0.05, 0.1) is 17.6 Å². The van der Waals surface area contributed by atoms with Crippen molar-refractivity contribution in [2.45, 2.75) is 32.6 Å². The van der Waals surface area contributed by atoms with Crippen molar-refractivity contribution in [2.24, 2.45) is 5.92 Å². The van der Waals surface area contributed by atoms with E-state index in [1.807, 2.05) is 23.1 Å². The highest BCUT2D eigenvalue weighted by molar-refractivity contribution is 6.31. The quantitative estimate of drug-likeness (QED) is 0.793. The Bertz CT molecular complexity index is 1090. The third-order valence-electron chi connectivity index (χ3n) is 5.89. The molecular weight excluding hydrogens is 402 g/mol. The molecule has 30 heavy (non-hydrogen) atoms. The molecule has 1 N–H and O–H groups in total. The highest BCUT2D eigenvalue weighted by Gasteiger charge is 2.37. The molecule has 1 saturated heterocycles. The maximum absolute atomic E-state index is 11.9. The molecule has 1 unspecified atom stereocenters. The summed E-state index contributed by atoms with van der Waals surface area (Å²) in [5.41, 5.74) is 2.95. The number of nitrogens with one attached hydrogen (secondary N) is 1. The SMILES string of the molecule is CC(=O)N1CCC(C2=C(C#N)C(c3ccccc3Cl)c3cn(C(C)=O)nc3N2)CC1. The Morgan fingerprint density at radius 2 is 1.87 bits per heavy atom. The van der Waals surface area contributed by atoms with Crippen LogP contribution in [0.2, 0.25) is 5.02 Å². The number of carbonyl (C=O) groups is 2. The van der Waals surface area contributed by atoms with E-state index in [0.29, 0.717) is 29.5 Å². The number of hydrogen-bond donors (Lipinski definition) is 1. The number of amides is 1. The third-order valence-corrected chi connectivity index (χ3v) is 6.24. The number of halogens is 1. The fourth-order valence-electron chi connectivity index (χ4n) is 4.32. The minimum absolute atomic E-state index is 0.0657. The Kier molecular flexibility index (Phi) is 5.35. The van der Waals surface area contributed by atoms with Gasteiger partial charge in [-0.3, -0.25) is 9.59 Å². The molecule has 2 aromatic rings. The number of benzene rings is 1. The first-order valence-corrected chi connectivity index (χ1v) is 10.3. The van der Waals surface area contributed by atoms with E-state index in [1.165, 1.54) is 11.6 Å². The molecule has 4 rings (SSSR count). The molecule has 0 aliphatic carbocycles. The van der Waals surface area contributed by atoms with Crippen molar-refractivity contribution in [3.05, 3.63) is 57.9 Å². The second-order valence-corrected chi connectivity index (χ2v) is 8.10. The van der Waals surface area contributed by atoms with E-state index in [2.05, 4.69) is 16.5 Å². The number of piperidine rings is 1. The van der Waals surface area contributed by atoms with E-state index in [1.54, 1.807) is 19.2 Å². The van der Waals surface area contributed by atoms with E-state index in [0.717, 1.165) is 29.7 Å². The number of allylic oxidation sites excluding steroid dienone is 2. The topological polar surface area (TPSA) is 91.0 Å². The Labute approximate surface area is 179 Å². The largest absolute Gasteiger partial charge is 0.343 e. The number of aromatic nitrogens is 2. The second-order valence-electron chi connectivity index (χ2n) is 7.70. The van der Waals surface area contributed by atoms with Crippen LogP contribution in [0.4, 0.5) is 5.82 Å². The zero-order valence-electron chi connectivity index (χ0n) is 16.9. The lowest BCUT2D eigenvalue weighted by Crippen LogP contribution is -2.39. The number of carbonyl (C=O) groups excluding carboxylic acids is 2. The Hall–Kier alpha value is -3.11. The molecule has 3 heterocycles. The molecule has 2 aliphatic heterocycles. The molecule has 8 heteroatoms. The predicted molar refractivity (Wildman–Crippen MR) is 113 cm³/mol. The molecule has 154 valence electrons.